The van der Waals surface area contributed by atoms with Crippen LogP contribution in [0.5, 0.6) is 0 Å². The van der Waals surface area contributed by atoms with Crippen LogP contribution in [0.15, 0.2) is 17.2 Å². The molecule has 1 fully saturated rings. The molecular formula is C22H28N6O2. The van der Waals surface area contributed by atoms with Gasteiger partial charge >= 0.3 is 0 Å². The van der Waals surface area contributed by atoms with E-state index in [2.05, 4.69) is 21.8 Å². The first-order valence-electron chi connectivity index (χ1n) is 10.1. The van der Waals surface area contributed by atoms with Crippen molar-refractivity contribution in [2.45, 2.75) is 52.0 Å². The second-order valence-corrected chi connectivity index (χ2v) is 8.43. The van der Waals surface area contributed by atoms with E-state index in [4.69, 9.17) is 5.73 Å². The second-order valence-electron chi connectivity index (χ2n) is 8.43. The van der Waals surface area contributed by atoms with E-state index in [1.807, 2.05) is 20.0 Å². The number of rotatable bonds is 5. The second kappa shape index (κ2) is 8.36. The van der Waals surface area contributed by atoms with Crippen LogP contribution in [0.2, 0.25) is 0 Å². The van der Waals surface area contributed by atoms with Crippen LogP contribution in [-0.4, -0.2) is 45.4 Å². The fourth-order valence-corrected chi connectivity index (χ4v) is 4.60. The van der Waals surface area contributed by atoms with E-state index in [1.165, 1.54) is 13.3 Å². The van der Waals surface area contributed by atoms with Crippen molar-refractivity contribution in [3.63, 3.8) is 0 Å². The first-order valence-corrected chi connectivity index (χ1v) is 10.1. The number of aromatic nitrogens is 3. The van der Waals surface area contributed by atoms with Crippen molar-refractivity contribution in [2.24, 2.45) is 0 Å². The standard InChI is InChI=1S/C22H28N6O2/c1-14-10-16(6-7-18-17(11-23)20(24)26-13-25-18)21(30)28(19(14)15(2)29)22(3)8-5-9-27(4)12-22/h10,13H,5-9,12H2,1-4H3,(H2,24,25,26)/t22-/m1/s1. The number of nitrogens with two attached hydrogens (primary N) is 1. The summed E-state index contributed by atoms with van der Waals surface area (Å²) in [4.78, 5) is 36.3. The SMILES string of the molecule is CC(=O)c1c(C)cc(CCc2ncnc(N)c2C#N)c(=O)n1[C@]1(C)CCCN(C)C1. The summed E-state index contributed by atoms with van der Waals surface area (Å²) >= 11 is 0. The lowest BCUT2D eigenvalue weighted by molar-refractivity contribution is 0.0953. The molecule has 2 aromatic heterocycles. The zero-order valence-electron chi connectivity index (χ0n) is 18.0. The summed E-state index contributed by atoms with van der Waals surface area (Å²) in [6.07, 6.45) is 3.91. The topological polar surface area (TPSA) is 118 Å². The predicted octanol–water partition coefficient (Wildman–Crippen LogP) is 1.83. The van der Waals surface area contributed by atoms with Gasteiger partial charge in [-0.25, -0.2) is 9.97 Å². The van der Waals surface area contributed by atoms with Gasteiger partial charge in [-0.2, -0.15) is 5.26 Å². The average molecular weight is 409 g/mol. The van der Waals surface area contributed by atoms with Gasteiger partial charge in [0.2, 0.25) is 0 Å². The number of likely N-dealkylation sites (N-methyl/N-ethyl adjacent to an activating group) is 1. The normalized spacial score (nSPS) is 19.4. The molecule has 0 aliphatic carbocycles. The number of Topliss-reactive ketones (excluding diaryl/α,β-unsaturated/α-hetero) is 1. The summed E-state index contributed by atoms with van der Waals surface area (Å²) in [5.74, 6) is 0.0294. The number of likely N-dealkylation sites (tertiary alicyclic amines) is 1. The summed E-state index contributed by atoms with van der Waals surface area (Å²) in [5, 5.41) is 9.35. The fraction of sp³-hybridized carbons (Fsp3) is 0.500. The van der Waals surface area contributed by atoms with Gasteiger partial charge in [0.05, 0.1) is 16.9 Å². The van der Waals surface area contributed by atoms with Gasteiger partial charge in [0.1, 0.15) is 23.8 Å². The highest BCUT2D eigenvalue weighted by Gasteiger charge is 2.35. The Bertz CT molecular complexity index is 1080. The van der Waals surface area contributed by atoms with Gasteiger partial charge in [0.25, 0.3) is 5.56 Å². The number of aryl methyl sites for hydroxylation is 3. The van der Waals surface area contributed by atoms with Crippen LogP contribution < -0.4 is 11.3 Å². The Morgan fingerprint density at radius 1 is 1.37 bits per heavy atom. The van der Waals surface area contributed by atoms with Crippen molar-refractivity contribution in [3.05, 3.63) is 50.8 Å². The first-order chi connectivity index (χ1) is 14.2. The largest absolute Gasteiger partial charge is 0.382 e. The van der Waals surface area contributed by atoms with Crippen LogP contribution in [0.1, 0.15) is 59.6 Å². The molecule has 1 atom stereocenters. The Morgan fingerprint density at radius 3 is 2.73 bits per heavy atom. The number of anilines is 1. The summed E-state index contributed by atoms with van der Waals surface area (Å²) in [5.41, 5.74) is 7.81. The minimum atomic E-state index is -0.455. The van der Waals surface area contributed by atoms with Gasteiger partial charge in [0.15, 0.2) is 5.78 Å². The molecule has 158 valence electrons. The van der Waals surface area contributed by atoms with Crippen LogP contribution in [0.3, 0.4) is 0 Å². The Hall–Kier alpha value is -3.05. The van der Waals surface area contributed by atoms with Crippen molar-refractivity contribution in [2.75, 3.05) is 25.9 Å². The number of hydrogen-bond acceptors (Lipinski definition) is 7. The molecule has 1 saturated heterocycles. The predicted molar refractivity (Wildman–Crippen MR) is 114 cm³/mol. The number of nitrogens with zero attached hydrogens (tertiary/aromatic N) is 5. The van der Waals surface area contributed by atoms with Crippen LogP contribution >= 0.6 is 0 Å². The van der Waals surface area contributed by atoms with Crippen LogP contribution in [0.25, 0.3) is 0 Å². The van der Waals surface area contributed by atoms with E-state index >= 15 is 0 Å². The van der Waals surface area contributed by atoms with Crippen molar-refractivity contribution < 1.29 is 4.79 Å². The van der Waals surface area contributed by atoms with E-state index in [0.717, 1.165) is 24.9 Å². The fourth-order valence-electron chi connectivity index (χ4n) is 4.60. The molecule has 0 saturated carbocycles. The van der Waals surface area contributed by atoms with Crippen molar-refractivity contribution >= 4 is 11.6 Å². The molecule has 1 aliphatic heterocycles. The molecule has 2 N–H and O–H groups in total. The molecule has 8 heteroatoms. The summed E-state index contributed by atoms with van der Waals surface area (Å²) < 4.78 is 1.72. The maximum atomic E-state index is 13.6. The Morgan fingerprint density at radius 2 is 2.10 bits per heavy atom. The Kier molecular flexibility index (Phi) is 6.04. The number of carbonyl (C=O) groups excluding carboxylic acids is 1. The molecule has 0 amide bonds. The Labute approximate surface area is 176 Å². The molecule has 1 aliphatic rings. The van der Waals surface area contributed by atoms with Gasteiger partial charge in [-0.3, -0.25) is 14.2 Å². The first kappa shape index (κ1) is 21.7. The van der Waals surface area contributed by atoms with Gasteiger partial charge in [-0.15, -0.1) is 0 Å². The third-order valence-electron chi connectivity index (χ3n) is 5.90. The summed E-state index contributed by atoms with van der Waals surface area (Å²) in [6.45, 7) is 7.12. The van der Waals surface area contributed by atoms with E-state index in [0.29, 0.717) is 36.3 Å². The molecular weight excluding hydrogens is 380 g/mol. The molecule has 2 aromatic rings. The maximum absolute atomic E-state index is 13.6. The monoisotopic (exact) mass is 408 g/mol. The van der Waals surface area contributed by atoms with Gasteiger partial charge in [-0.05, 0) is 64.8 Å². The molecule has 0 spiro atoms. The minimum Gasteiger partial charge on any atom is -0.382 e. The maximum Gasteiger partial charge on any atom is 0.254 e. The third-order valence-corrected chi connectivity index (χ3v) is 5.90. The van der Waals surface area contributed by atoms with Gasteiger partial charge in [-0.1, -0.05) is 0 Å². The smallest absolute Gasteiger partial charge is 0.254 e. The number of ketones is 1. The van der Waals surface area contributed by atoms with E-state index in [1.54, 1.807) is 10.6 Å². The minimum absolute atomic E-state index is 0.110. The number of piperidine rings is 1. The molecule has 0 unspecified atom stereocenters. The molecule has 0 bridgehead atoms. The lowest BCUT2D eigenvalue weighted by Crippen LogP contribution is -2.52. The van der Waals surface area contributed by atoms with Gasteiger partial charge < -0.3 is 10.6 Å². The molecule has 8 nitrogen and oxygen atoms in total. The average Bonchev–Trinajstić information content (AvgIpc) is 2.67. The van der Waals surface area contributed by atoms with Gasteiger partial charge in [0, 0.05) is 19.0 Å². The quantitative estimate of drug-likeness (QED) is 0.750. The van der Waals surface area contributed by atoms with Crippen molar-refractivity contribution in [1.82, 2.24) is 19.4 Å². The van der Waals surface area contributed by atoms with Crippen LogP contribution in [0.4, 0.5) is 5.82 Å². The molecule has 30 heavy (non-hydrogen) atoms. The van der Waals surface area contributed by atoms with Crippen molar-refractivity contribution in [3.8, 4) is 6.07 Å². The van der Waals surface area contributed by atoms with Crippen LogP contribution in [0, 0.1) is 18.3 Å². The summed E-state index contributed by atoms with van der Waals surface area (Å²) in [7, 11) is 2.04. The third kappa shape index (κ3) is 3.98. The van der Waals surface area contributed by atoms with E-state index in [9.17, 15) is 14.9 Å². The number of nitrogen functional groups attached to an aromatic ring is 1. The lowest BCUT2D eigenvalue weighted by Gasteiger charge is -2.41. The number of carbonyl (C=O) groups is 1. The Balaban J connectivity index is 2.07. The number of pyridine rings is 1. The molecule has 0 radical (unpaired) electrons. The van der Waals surface area contributed by atoms with E-state index in [-0.39, 0.29) is 22.7 Å². The zero-order chi connectivity index (χ0) is 22.1. The lowest BCUT2D eigenvalue weighted by atomic mass is 9.89. The number of nitriles is 1. The molecule has 3 rings (SSSR count). The highest BCUT2D eigenvalue weighted by atomic mass is 16.1. The highest BCUT2D eigenvalue weighted by molar-refractivity contribution is 5.94. The highest BCUT2D eigenvalue weighted by Crippen LogP contribution is 2.29. The molecule has 0 aromatic carbocycles. The molecule has 3 heterocycles. The summed E-state index contributed by atoms with van der Waals surface area (Å²) in [6, 6.07) is 3.83. The van der Waals surface area contributed by atoms with Crippen LogP contribution in [-0.2, 0) is 18.4 Å². The number of hydrogen-bond donors (Lipinski definition) is 1. The zero-order valence-corrected chi connectivity index (χ0v) is 18.0. The van der Waals surface area contributed by atoms with E-state index < -0.39 is 5.54 Å². The van der Waals surface area contributed by atoms with Crippen molar-refractivity contribution in [1.29, 1.82) is 5.26 Å².